The highest BCUT2D eigenvalue weighted by molar-refractivity contribution is 6.31. The summed E-state index contributed by atoms with van der Waals surface area (Å²) < 4.78 is 5.04. The molecule has 1 rings (SSSR count). The standard InChI is InChI=1S/C11H14ClNO2/c1-8(14)13-6-5-9-3-4-10(15-2)7-11(9)12/h3-4,7H,5-6H2,1-2H3,(H,13,14). The zero-order valence-corrected chi connectivity index (χ0v) is 9.60. The Morgan fingerprint density at radius 2 is 2.27 bits per heavy atom. The maximum Gasteiger partial charge on any atom is 0.216 e. The predicted molar refractivity (Wildman–Crippen MR) is 60.4 cm³/mol. The summed E-state index contributed by atoms with van der Waals surface area (Å²) in [5, 5.41) is 3.39. The number of rotatable bonds is 4. The molecule has 1 aromatic rings. The molecule has 0 aliphatic heterocycles. The quantitative estimate of drug-likeness (QED) is 0.855. The molecule has 1 aromatic carbocycles. The van der Waals surface area contributed by atoms with Crippen molar-refractivity contribution in [2.45, 2.75) is 13.3 Å². The van der Waals surface area contributed by atoms with Crippen LogP contribution in [-0.4, -0.2) is 19.6 Å². The Labute approximate surface area is 94.4 Å². The number of benzene rings is 1. The maximum atomic E-state index is 10.7. The predicted octanol–water partition coefficient (Wildman–Crippen LogP) is 2.03. The Bertz CT molecular complexity index is 352. The SMILES string of the molecule is COc1ccc(CCNC(C)=O)c(Cl)c1. The van der Waals surface area contributed by atoms with Gasteiger partial charge in [-0.05, 0) is 24.1 Å². The molecular formula is C11H14ClNO2. The van der Waals surface area contributed by atoms with E-state index < -0.39 is 0 Å². The molecule has 0 radical (unpaired) electrons. The number of hydrogen-bond donors (Lipinski definition) is 1. The average molecular weight is 228 g/mol. The molecule has 0 saturated carbocycles. The Morgan fingerprint density at radius 3 is 2.80 bits per heavy atom. The molecule has 0 spiro atoms. The van der Waals surface area contributed by atoms with Crippen molar-refractivity contribution in [2.24, 2.45) is 0 Å². The topological polar surface area (TPSA) is 38.3 Å². The van der Waals surface area contributed by atoms with Crippen LogP contribution < -0.4 is 10.1 Å². The Balaban J connectivity index is 2.58. The van der Waals surface area contributed by atoms with Gasteiger partial charge in [0.1, 0.15) is 5.75 Å². The zero-order chi connectivity index (χ0) is 11.3. The van der Waals surface area contributed by atoms with Gasteiger partial charge in [0.25, 0.3) is 0 Å². The molecule has 0 unspecified atom stereocenters. The van der Waals surface area contributed by atoms with Gasteiger partial charge >= 0.3 is 0 Å². The van der Waals surface area contributed by atoms with E-state index in [-0.39, 0.29) is 5.91 Å². The summed E-state index contributed by atoms with van der Waals surface area (Å²) in [6.07, 6.45) is 0.725. The number of hydrogen-bond acceptors (Lipinski definition) is 2. The smallest absolute Gasteiger partial charge is 0.216 e. The molecule has 0 atom stereocenters. The highest BCUT2D eigenvalue weighted by Crippen LogP contribution is 2.22. The minimum absolute atomic E-state index is 0.0281. The molecule has 15 heavy (non-hydrogen) atoms. The van der Waals surface area contributed by atoms with Crippen LogP contribution in [0.4, 0.5) is 0 Å². The largest absolute Gasteiger partial charge is 0.497 e. The van der Waals surface area contributed by atoms with Gasteiger partial charge in [-0.2, -0.15) is 0 Å². The summed E-state index contributed by atoms with van der Waals surface area (Å²) in [7, 11) is 1.60. The number of halogens is 1. The first-order valence-electron chi connectivity index (χ1n) is 4.70. The molecule has 0 heterocycles. The lowest BCUT2D eigenvalue weighted by molar-refractivity contribution is -0.118. The molecule has 4 heteroatoms. The number of carbonyl (C=O) groups is 1. The molecule has 1 amide bonds. The van der Waals surface area contributed by atoms with Crippen molar-refractivity contribution in [1.29, 1.82) is 0 Å². The van der Waals surface area contributed by atoms with Crippen molar-refractivity contribution >= 4 is 17.5 Å². The van der Waals surface area contributed by atoms with Crippen LogP contribution in [-0.2, 0) is 11.2 Å². The van der Waals surface area contributed by atoms with Crippen molar-refractivity contribution in [3.8, 4) is 5.75 Å². The first-order valence-corrected chi connectivity index (χ1v) is 5.08. The van der Waals surface area contributed by atoms with Crippen molar-refractivity contribution in [2.75, 3.05) is 13.7 Å². The van der Waals surface area contributed by atoms with Crippen LogP contribution in [0.5, 0.6) is 5.75 Å². The minimum Gasteiger partial charge on any atom is -0.497 e. The molecule has 0 saturated heterocycles. The van der Waals surface area contributed by atoms with Crippen LogP contribution in [0.15, 0.2) is 18.2 Å². The molecule has 82 valence electrons. The van der Waals surface area contributed by atoms with E-state index in [4.69, 9.17) is 16.3 Å². The fourth-order valence-corrected chi connectivity index (χ4v) is 1.50. The fourth-order valence-electron chi connectivity index (χ4n) is 1.23. The van der Waals surface area contributed by atoms with E-state index in [0.29, 0.717) is 11.6 Å². The Morgan fingerprint density at radius 1 is 1.53 bits per heavy atom. The summed E-state index contributed by atoms with van der Waals surface area (Å²) in [5.74, 6) is 0.711. The van der Waals surface area contributed by atoms with Crippen molar-refractivity contribution in [3.63, 3.8) is 0 Å². The second-order valence-electron chi connectivity index (χ2n) is 3.19. The average Bonchev–Trinajstić information content (AvgIpc) is 2.20. The number of amides is 1. The minimum atomic E-state index is -0.0281. The van der Waals surface area contributed by atoms with E-state index in [1.165, 1.54) is 6.92 Å². The third-order valence-corrected chi connectivity index (χ3v) is 2.38. The lowest BCUT2D eigenvalue weighted by atomic mass is 10.1. The summed E-state index contributed by atoms with van der Waals surface area (Å²) >= 11 is 6.03. The summed E-state index contributed by atoms with van der Waals surface area (Å²) in [5.41, 5.74) is 1.01. The fraction of sp³-hybridized carbons (Fsp3) is 0.364. The molecule has 3 nitrogen and oxygen atoms in total. The molecule has 0 aromatic heterocycles. The number of methoxy groups -OCH3 is 1. The third kappa shape index (κ3) is 3.80. The van der Waals surface area contributed by atoms with Gasteiger partial charge in [-0.25, -0.2) is 0 Å². The number of ether oxygens (including phenoxy) is 1. The third-order valence-electron chi connectivity index (χ3n) is 2.03. The van der Waals surface area contributed by atoms with Gasteiger partial charge in [0.05, 0.1) is 7.11 Å². The lowest BCUT2D eigenvalue weighted by Crippen LogP contribution is -2.22. The molecule has 0 aliphatic rings. The second kappa shape index (κ2) is 5.61. The first kappa shape index (κ1) is 11.9. The van der Waals surface area contributed by atoms with Crippen LogP contribution in [0.1, 0.15) is 12.5 Å². The summed E-state index contributed by atoms with van der Waals surface area (Å²) in [4.78, 5) is 10.7. The van der Waals surface area contributed by atoms with Crippen LogP contribution >= 0.6 is 11.6 Å². The van der Waals surface area contributed by atoms with E-state index in [1.54, 1.807) is 13.2 Å². The maximum absolute atomic E-state index is 10.7. The summed E-state index contributed by atoms with van der Waals surface area (Å²) in [6.45, 7) is 2.09. The zero-order valence-electron chi connectivity index (χ0n) is 8.84. The lowest BCUT2D eigenvalue weighted by Gasteiger charge is -2.06. The van der Waals surface area contributed by atoms with Crippen LogP contribution in [0.25, 0.3) is 0 Å². The highest BCUT2D eigenvalue weighted by Gasteiger charge is 2.02. The van der Waals surface area contributed by atoms with Crippen LogP contribution in [0.2, 0.25) is 5.02 Å². The molecule has 0 aliphatic carbocycles. The number of carbonyl (C=O) groups excluding carboxylic acids is 1. The Kier molecular flexibility index (Phi) is 4.43. The van der Waals surface area contributed by atoms with E-state index in [0.717, 1.165) is 17.7 Å². The molecule has 0 fully saturated rings. The van der Waals surface area contributed by atoms with E-state index >= 15 is 0 Å². The first-order chi connectivity index (χ1) is 7.13. The van der Waals surface area contributed by atoms with Crippen molar-refractivity contribution < 1.29 is 9.53 Å². The van der Waals surface area contributed by atoms with Crippen LogP contribution in [0.3, 0.4) is 0 Å². The second-order valence-corrected chi connectivity index (χ2v) is 3.60. The van der Waals surface area contributed by atoms with Gasteiger partial charge in [0, 0.05) is 18.5 Å². The highest BCUT2D eigenvalue weighted by atomic mass is 35.5. The van der Waals surface area contributed by atoms with Gasteiger partial charge in [0.2, 0.25) is 5.91 Å². The Hall–Kier alpha value is -1.22. The van der Waals surface area contributed by atoms with E-state index in [1.807, 2.05) is 12.1 Å². The van der Waals surface area contributed by atoms with Gasteiger partial charge in [-0.1, -0.05) is 17.7 Å². The molecule has 1 N–H and O–H groups in total. The number of nitrogens with one attached hydrogen (secondary N) is 1. The van der Waals surface area contributed by atoms with E-state index in [9.17, 15) is 4.79 Å². The molecular weight excluding hydrogens is 214 g/mol. The van der Waals surface area contributed by atoms with Crippen LogP contribution in [0, 0.1) is 0 Å². The van der Waals surface area contributed by atoms with E-state index in [2.05, 4.69) is 5.32 Å². The van der Waals surface area contributed by atoms with Gasteiger partial charge in [-0.3, -0.25) is 4.79 Å². The van der Waals surface area contributed by atoms with Gasteiger partial charge < -0.3 is 10.1 Å². The summed E-state index contributed by atoms with van der Waals surface area (Å²) in [6, 6.07) is 5.53. The van der Waals surface area contributed by atoms with Crippen molar-refractivity contribution in [1.82, 2.24) is 5.32 Å². The van der Waals surface area contributed by atoms with Crippen molar-refractivity contribution in [3.05, 3.63) is 28.8 Å². The van der Waals surface area contributed by atoms with Gasteiger partial charge in [-0.15, -0.1) is 0 Å². The van der Waals surface area contributed by atoms with Gasteiger partial charge in [0.15, 0.2) is 0 Å². The normalized spacial score (nSPS) is 9.80. The molecule has 0 bridgehead atoms. The monoisotopic (exact) mass is 227 g/mol.